The number of hydrogen-bond donors (Lipinski definition) is 1. The molecule has 6 nitrogen and oxygen atoms in total. The van der Waals surface area contributed by atoms with E-state index in [9.17, 15) is 9.59 Å². The zero-order valence-electron chi connectivity index (χ0n) is 12.5. The molecule has 0 aliphatic rings. The van der Waals surface area contributed by atoms with Crippen molar-refractivity contribution in [3.63, 3.8) is 0 Å². The maximum atomic E-state index is 11.8. The number of carbonyl (C=O) groups excluding carboxylic acids is 2. The number of carbonyl (C=O) groups is 2. The van der Waals surface area contributed by atoms with Gasteiger partial charge in [-0.1, -0.05) is 23.7 Å². The topological polar surface area (TPSA) is 72.7 Å². The second-order valence-corrected chi connectivity index (χ2v) is 5.02. The number of pyridine rings is 1. The monoisotopic (exact) mass is 333 g/mol. The molecule has 2 rings (SSSR count). The Bertz CT molecular complexity index is 767. The van der Waals surface area contributed by atoms with Crippen LogP contribution in [-0.2, 0) is 14.3 Å². The molecule has 0 fully saturated rings. The molecule has 0 saturated heterocycles. The Morgan fingerprint density at radius 3 is 3.04 bits per heavy atom. The van der Waals surface area contributed by atoms with Gasteiger partial charge in [0.05, 0.1) is 5.69 Å². The fourth-order valence-electron chi connectivity index (χ4n) is 1.87. The summed E-state index contributed by atoms with van der Waals surface area (Å²) in [5.41, 5.74) is 1.23. The molecule has 0 aromatic carbocycles. The lowest BCUT2D eigenvalue weighted by atomic mass is 10.3. The molecular formula is C16H16ClN3O3. The van der Waals surface area contributed by atoms with Crippen molar-refractivity contribution < 1.29 is 14.3 Å². The van der Waals surface area contributed by atoms with Crippen LogP contribution in [0.1, 0.15) is 12.6 Å². The van der Waals surface area contributed by atoms with Crippen molar-refractivity contribution in [2.24, 2.45) is 0 Å². The molecule has 120 valence electrons. The number of aromatic nitrogens is 2. The van der Waals surface area contributed by atoms with E-state index in [0.717, 1.165) is 0 Å². The predicted octanol–water partition coefficient (Wildman–Crippen LogP) is 2.23. The summed E-state index contributed by atoms with van der Waals surface area (Å²) in [6, 6.07) is 5.46. The third kappa shape index (κ3) is 4.20. The van der Waals surface area contributed by atoms with E-state index in [4.69, 9.17) is 16.3 Å². The van der Waals surface area contributed by atoms with Crippen molar-refractivity contribution in [2.75, 3.05) is 6.54 Å². The Kier molecular flexibility index (Phi) is 5.54. The second kappa shape index (κ2) is 7.60. The number of amides is 1. The second-order valence-electron chi connectivity index (χ2n) is 4.66. The minimum absolute atomic E-state index is 0.275. The fourth-order valence-corrected chi connectivity index (χ4v) is 2.11. The molecular weight excluding hydrogens is 318 g/mol. The average molecular weight is 334 g/mol. The summed E-state index contributed by atoms with van der Waals surface area (Å²) in [6.07, 6.45) is 5.13. The highest BCUT2D eigenvalue weighted by Gasteiger charge is 2.15. The maximum absolute atomic E-state index is 11.8. The van der Waals surface area contributed by atoms with Crippen LogP contribution in [0.15, 0.2) is 43.1 Å². The maximum Gasteiger partial charge on any atom is 0.331 e. The van der Waals surface area contributed by atoms with Gasteiger partial charge in [-0.05, 0) is 25.1 Å². The standard InChI is InChI=1S/C16H16ClN3O3/c1-3-9-18-16(22)11(2)23-14(21)8-7-12-15(17)19-13-6-4-5-10-20(12)13/h3-8,10-11H,1,9H2,2H3,(H,18,22)/b8-7+/t11-/m1/s1. The summed E-state index contributed by atoms with van der Waals surface area (Å²) in [5, 5.41) is 2.82. The number of nitrogens with one attached hydrogen (secondary N) is 1. The van der Waals surface area contributed by atoms with Gasteiger partial charge in [0.25, 0.3) is 5.91 Å². The number of esters is 1. The van der Waals surface area contributed by atoms with E-state index in [1.807, 2.05) is 12.1 Å². The first kappa shape index (κ1) is 16.8. The average Bonchev–Trinajstić information content (AvgIpc) is 2.85. The molecule has 0 saturated carbocycles. The van der Waals surface area contributed by atoms with Crippen LogP contribution in [0.25, 0.3) is 11.7 Å². The molecule has 0 aliphatic heterocycles. The summed E-state index contributed by atoms with van der Waals surface area (Å²) in [4.78, 5) is 27.6. The molecule has 0 radical (unpaired) electrons. The van der Waals surface area contributed by atoms with Gasteiger partial charge in [-0.2, -0.15) is 0 Å². The van der Waals surface area contributed by atoms with Gasteiger partial charge in [0, 0.05) is 18.8 Å². The molecule has 23 heavy (non-hydrogen) atoms. The van der Waals surface area contributed by atoms with Crippen molar-refractivity contribution in [1.29, 1.82) is 0 Å². The number of imidazole rings is 1. The smallest absolute Gasteiger partial charge is 0.331 e. The van der Waals surface area contributed by atoms with E-state index in [-0.39, 0.29) is 11.1 Å². The summed E-state index contributed by atoms with van der Waals surface area (Å²) in [5.74, 6) is -1.03. The highest BCUT2D eigenvalue weighted by Crippen LogP contribution is 2.18. The van der Waals surface area contributed by atoms with Crippen molar-refractivity contribution in [2.45, 2.75) is 13.0 Å². The molecule has 1 amide bonds. The number of ether oxygens (including phenoxy) is 1. The largest absolute Gasteiger partial charge is 0.449 e. The summed E-state index contributed by atoms with van der Waals surface area (Å²) in [7, 11) is 0. The van der Waals surface area contributed by atoms with Gasteiger partial charge >= 0.3 is 5.97 Å². The number of nitrogens with zero attached hydrogens (tertiary/aromatic N) is 2. The lowest BCUT2D eigenvalue weighted by molar-refractivity contribution is -0.150. The predicted molar refractivity (Wildman–Crippen MR) is 88.0 cm³/mol. The normalized spacial score (nSPS) is 12.3. The van der Waals surface area contributed by atoms with Crippen LogP contribution in [-0.4, -0.2) is 33.9 Å². The highest BCUT2D eigenvalue weighted by molar-refractivity contribution is 6.31. The van der Waals surface area contributed by atoms with Crippen LogP contribution in [0, 0.1) is 0 Å². The molecule has 0 unspecified atom stereocenters. The van der Waals surface area contributed by atoms with Crippen LogP contribution in [0.4, 0.5) is 0 Å². The zero-order valence-corrected chi connectivity index (χ0v) is 13.3. The Morgan fingerprint density at radius 1 is 1.52 bits per heavy atom. The van der Waals surface area contributed by atoms with E-state index in [1.165, 1.54) is 19.1 Å². The van der Waals surface area contributed by atoms with Crippen LogP contribution in [0.2, 0.25) is 5.15 Å². The molecule has 1 atom stereocenters. The minimum atomic E-state index is -0.898. The Balaban J connectivity index is 2.04. The first-order valence-electron chi connectivity index (χ1n) is 6.93. The van der Waals surface area contributed by atoms with Gasteiger partial charge in [0.2, 0.25) is 0 Å². The zero-order chi connectivity index (χ0) is 16.8. The van der Waals surface area contributed by atoms with Crippen molar-refractivity contribution in [3.05, 3.63) is 54.0 Å². The Morgan fingerprint density at radius 2 is 2.30 bits per heavy atom. The molecule has 0 aliphatic carbocycles. The van der Waals surface area contributed by atoms with E-state index in [2.05, 4.69) is 16.9 Å². The van der Waals surface area contributed by atoms with Crippen LogP contribution in [0.5, 0.6) is 0 Å². The van der Waals surface area contributed by atoms with Gasteiger partial charge in [-0.25, -0.2) is 9.78 Å². The minimum Gasteiger partial charge on any atom is -0.449 e. The lowest BCUT2D eigenvalue weighted by Crippen LogP contribution is -2.35. The molecule has 2 aromatic rings. The first-order valence-corrected chi connectivity index (χ1v) is 7.30. The van der Waals surface area contributed by atoms with Gasteiger partial charge in [0.1, 0.15) is 5.65 Å². The third-order valence-corrected chi connectivity index (χ3v) is 3.26. The van der Waals surface area contributed by atoms with Crippen LogP contribution in [0.3, 0.4) is 0 Å². The number of fused-ring (bicyclic) bond motifs is 1. The van der Waals surface area contributed by atoms with Crippen LogP contribution < -0.4 is 5.32 Å². The third-order valence-electron chi connectivity index (χ3n) is 2.98. The Hall–Kier alpha value is -2.60. The van der Waals surface area contributed by atoms with Gasteiger partial charge < -0.3 is 10.1 Å². The lowest BCUT2D eigenvalue weighted by Gasteiger charge is -2.10. The SMILES string of the molecule is C=CCNC(=O)[C@@H](C)OC(=O)/C=C/c1c(Cl)nc2ccccn12. The highest BCUT2D eigenvalue weighted by atomic mass is 35.5. The van der Waals surface area contributed by atoms with Crippen molar-refractivity contribution >= 4 is 35.2 Å². The van der Waals surface area contributed by atoms with E-state index in [0.29, 0.717) is 17.9 Å². The molecule has 1 N–H and O–H groups in total. The molecule has 0 spiro atoms. The van der Waals surface area contributed by atoms with Gasteiger partial charge in [-0.3, -0.25) is 9.20 Å². The summed E-state index contributed by atoms with van der Waals surface area (Å²) < 4.78 is 6.76. The fraction of sp³-hybridized carbons (Fsp3) is 0.188. The molecule has 7 heteroatoms. The number of rotatable bonds is 6. The quantitative estimate of drug-likeness (QED) is 0.500. The van der Waals surface area contributed by atoms with Gasteiger partial charge in [-0.15, -0.1) is 6.58 Å². The summed E-state index contributed by atoms with van der Waals surface area (Å²) >= 11 is 6.06. The van der Waals surface area contributed by atoms with E-state index < -0.39 is 12.1 Å². The van der Waals surface area contributed by atoms with Gasteiger partial charge in [0.15, 0.2) is 11.3 Å². The van der Waals surface area contributed by atoms with E-state index in [1.54, 1.807) is 22.7 Å². The molecule has 2 heterocycles. The number of hydrogen-bond acceptors (Lipinski definition) is 4. The van der Waals surface area contributed by atoms with Crippen LogP contribution >= 0.6 is 11.6 Å². The Labute approximate surface area is 138 Å². The number of halogens is 1. The molecule has 2 aromatic heterocycles. The van der Waals surface area contributed by atoms with Crippen molar-refractivity contribution in [1.82, 2.24) is 14.7 Å². The molecule has 0 bridgehead atoms. The summed E-state index contributed by atoms with van der Waals surface area (Å²) in [6.45, 7) is 5.29. The van der Waals surface area contributed by atoms with E-state index >= 15 is 0 Å². The van der Waals surface area contributed by atoms with Crippen molar-refractivity contribution in [3.8, 4) is 0 Å². The first-order chi connectivity index (χ1) is 11.0.